The van der Waals surface area contributed by atoms with E-state index in [-0.39, 0.29) is 43.7 Å². The van der Waals surface area contributed by atoms with Gasteiger partial charge in [-0.3, -0.25) is 19.2 Å². The molecule has 0 aliphatic carbocycles. The number of benzene rings is 3. The van der Waals surface area contributed by atoms with Gasteiger partial charge in [0.2, 0.25) is 11.8 Å². The van der Waals surface area contributed by atoms with E-state index < -0.39 is 30.4 Å². The standard InChI is InChI=1S/C40H50N4O6/c1-4-5-21-33(37(45)41-24-22-29(2)3)42-28-36-43(34(38(42)46)26-31-17-11-7-12-18-31)39(47)35(27-32-19-13-8-14-20-32)50-44(36)40(48)49-25-23-30-15-9-6-10-16-30/h6-20,29,33-36H,4-5,21-28H2,1-3H3,(H,41,45)/t33-,34-,35+,36?/m0/s1. The molecule has 0 radical (unpaired) electrons. The van der Waals surface area contributed by atoms with Crippen molar-refractivity contribution >= 4 is 23.8 Å². The van der Waals surface area contributed by atoms with Crippen molar-refractivity contribution in [2.24, 2.45) is 5.92 Å². The second kappa shape index (κ2) is 17.8. The van der Waals surface area contributed by atoms with Gasteiger partial charge in [0.15, 0.2) is 12.3 Å². The van der Waals surface area contributed by atoms with Gasteiger partial charge >= 0.3 is 6.09 Å². The number of hydrogen-bond donors (Lipinski definition) is 1. The Kier molecular flexibility index (Phi) is 13.0. The van der Waals surface area contributed by atoms with Crippen LogP contribution in [0.4, 0.5) is 4.79 Å². The van der Waals surface area contributed by atoms with Crippen LogP contribution >= 0.6 is 0 Å². The summed E-state index contributed by atoms with van der Waals surface area (Å²) in [6, 6.07) is 26.9. The fourth-order valence-corrected chi connectivity index (χ4v) is 6.59. The molecule has 5 rings (SSSR count). The SMILES string of the molecule is CCCC[C@@H](C(=O)NCCC(C)C)N1CC2N(C(=O)OCCc3ccccc3)O[C@H](Cc3ccccc3)C(=O)N2[C@@H](Cc2ccccc2)C1=O. The third kappa shape index (κ3) is 9.29. The summed E-state index contributed by atoms with van der Waals surface area (Å²) in [5.41, 5.74) is 2.72. The van der Waals surface area contributed by atoms with E-state index in [9.17, 15) is 19.2 Å². The van der Waals surface area contributed by atoms with Crippen LogP contribution in [0.5, 0.6) is 0 Å². The highest BCUT2D eigenvalue weighted by molar-refractivity contribution is 5.95. The molecule has 3 aromatic rings. The number of nitrogens with zero attached hydrogens (tertiary/aromatic N) is 3. The predicted molar refractivity (Wildman–Crippen MR) is 190 cm³/mol. The molecule has 10 heteroatoms. The van der Waals surface area contributed by atoms with E-state index in [4.69, 9.17) is 9.57 Å². The van der Waals surface area contributed by atoms with Crippen LogP contribution in [-0.4, -0.2) is 82.7 Å². The van der Waals surface area contributed by atoms with E-state index in [2.05, 4.69) is 19.2 Å². The summed E-state index contributed by atoms with van der Waals surface area (Å²) >= 11 is 0. The van der Waals surface area contributed by atoms with Gasteiger partial charge in [-0.25, -0.2) is 4.79 Å². The summed E-state index contributed by atoms with van der Waals surface area (Å²) in [6.45, 7) is 6.73. The van der Waals surface area contributed by atoms with Crippen molar-refractivity contribution in [3.63, 3.8) is 0 Å². The molecule has 4 amide bonds. The minimum absolute atomic E-state index is 0.0896. The number of amides is 4. The van der Waals surface area contributed by atoms with Gasteiger partial charge in [0, 0.05) is 25.8 Å². The van der Waals surface area contributed by atoms with E-state index >= 15 is 0 Å². The first-order valence-electron chi connectivity index (χ1n) is 17.9. The Bertz CT molecular complexity index is 1550. The Labute approximate surface area is 295 Å². The Morgan fingerprint density at radius 1 is 0.840 bits per heavy atom. The monoisotopic (exact) mass is 682 g/mol. The Balaban J connectivity index is 1.50. The van der Waals surface area contributed by atoms with Crippen LogP contribution in [0.15, 0.2) is 91.0 Å². The maximum atomic E-state index is 14.7. The molecule has 266 valence electrons. The lowest BCUT2D eigenvalue weighted by molar-refractivity contribution is -0.267. The number of hydrogen-bond acceptors (Lipinski definition) is 6. The number of hydroxylamine groups is 2. The van der Waals surface area contributed by atoms with Gasteiger partial charge in [0.1, 0.15) is 12.1 Å². The molecule has 50 heavy (non-hydrogen) atoms. The van der Waals surface area contributed by atoms with E-state index in [0.717, 1.165) is 41.0 Å². The normalized spacial score (nSPS) is 19.7. The molecule has 0 aromatic heterocycles. The van der Waals surface area contributed by atoms with Crippen molar-refractivity contribution in [3.05, 3.63) is 108 Å². The average molecular weight is 683 g/mol. The van der Waals surface area contributed by atoms with Gasteiger partial charge in [-0.15, -0.1) is 0 Å². The highest BCUT2D eigenvalue weighted by Gasteiger charge is 2.54. The van der Waals surface area contributed by atoms with Gasteiger partial charge in [-0.1, -0.05) is 125 Å². The molecule has 1 unspecified atom stereocenters. The predicted octanol–water partition coefficient (Wildman–Crippen LogP) is 5.55. The van der Waals surface area contributed by atoms with Crippen molar-refractivity contribution in [3.8, 4) is 0 Å². The summed E-state index contributed by atoms with van der Waals surface area (Å²) in [6.07, 6.45) is 0.911. The molecule has 1 N–H and O–H groups in total. The molecule has 3 aromatic carbocycles. The molecule has 0 spiro atoms. The van der Waals surface area contributed by atoms with Crippen LogP contribution in [-0.2, 0) is 43.2 Å². The smallest absolute Gasteiger partial charge is 0.436 e. The van der Waals surface area contributed by atoms with Gasteiger partial charge in [0.05, 0.1) is 13.2 Å². The molecule has 2 aliphatic rings. The lowest BCUT2D eigenvalue weighted by Crippen LogP contribution is -2.75. The highest BCUT2D eigenvalue weighted by atomic mass is 16.7. The first-order chi connectivity index (χ1) is 24.3. The summed E-state index contributed by atoms with van der Waals surface area (Å²) in [5.74, 6) is -0.536. The van der Waals surface area contributed by atoms with Crippen LogP contribution in [0, 0.1) is 5.92 Å². The zero-order chi connectivity index (χ0) is 35.5. The van der Waals surface area contributed by atoms with Crippen molar-refractivity contribution in [2.75, 3.05) is 19.7 Å². The van der Waals surface area contributed by atoms with E-state index in [1.165, 1.54) is 4.90 Å². The second-order valence-electron chi connectivity index (χ2n) is 13.5. The molecular weight excluding hydrogens is 632 g/mol. The number of unbranched alkanes of at least 4 members (excludes halogenated alkanes) is 1. The molecule has 4 atom stereocenters. The van der Waals surface area contributed by atoms with Crippen LogP contribution in [0.1, 0.15) is 63.1 Å². The molecule has 2 saturated heterocycles. The first-order valence-corrected chi connectivity index (χ1v) is 17.9. The average Bonchev–Trinajstić information content (AvgIpc) is 3.12. The molecule has 2 fully saturated rings. The number of fused-ring (bicyclic) bond motifs is 1. The highest BCUT2D eigenvalue weighted by Crippen LogP contribution is 2.32. The van der Waals surface area contributed by atoms with Gasteiger partial charge in [-0.2, -0.15) is 5.06 Å². The zero-order valence-corrected chi connectivity index (χ0v) is 29.4. The summed E-state index contributed by atoms with van der Waals surface area (Å²) in [5, 5.41) is 4.18. The largest absolute Gasteiger partial charge is 0.447 e. The van der Waals surface area contributed by atoms with E-state index in [1.54, 1.807) is 4.90 Å². The minimum atomic E-state index is -1.07. The number of rotatable bonds is 15. The van der Waals surface area contributed by atoms with E-state index in [0.29, 0.717) is 25.3 Å². The molecule has 0 bridgehead atoms. The number of carbonyl (C=O) groups excluding carboxylic acids is 4. The summed E-state index contributed by atoms with van der Waals surface area (Å²) < 4.78 is 5.77. The lowest BCUT2D eigenvalue weighted by atomic mass is 9.95. The number of ether oxygens (including phenoxy) is 1. The zero-order valence-electron chi connectivity index (χ0n) is 29.4. The summed E-state index contributed by atoms with van der Waals surface area (Å²) in [4.78, 5) is 66.2. The fourth-order valence-electron chi connectivity index (χ4n) is 6.59. The van der Waals surface area contributed by atoms with Crippen molar-refractivity contribution < 1.29 is 28.8 Å². The Morgan fingerprint density at radius 3 is 2.04 bits per heavy atom. The van der Waals surface area contributed by atoms with Crippen molar-refractivity contribution in [1.82, 2.24) is 20.2 Å². The van der Waals surface area contributed by atoms with Crippen LogP contribution in [0.2, 0.25) is 0 Å². The molecular formula is C40H50N4O6. The van der Waals surface area contributed by atoms with Gasteiger partial charge < -0.3 is 19.9 Å². The third-order valence-electron chi connectivity index (χ3n) is 9.33. The quantitative estimate of drug-likeness (QED) is 0.225. The molecule has 10 nitrogen and oxygen atoms in total. The molecule has 2 heterocycles. The topological polar surface area (TPSA) is 108 Å². The lowest BCUT2D eigenvalue weighted by Gasteiger charge is -2.53. The maximum absolute atomic E-state index is 14.7. The number of nitrogens with one attached hydrogen (secondary N) is 1. The van der Waals surface area contributed by atoms with Gasteiger partial charge in [-0.05, 0) is 35.4 Å². The molecule has 2 aliphatic heterocycles. The van der Waals surface area contributed by atoms with E-state index in [1.807, 2.05) is 97.9 Å². The van der Waals surface area contributed by atoms with Gasteiger partial charge in [0.25, 0.3) is 5.91 Å². The fraction of sp³-hybridized carbons (Fsp3) is 0.450. The van der Waals surface area contributed by atoms with Crippen LogP contribution in [0.25, 0.3) is 0 Å². The van der Waals surface area contributed by atoms with Crippen LogP contribution in [0.3, 0.4) is 0 Å². The number of carbonyl (C=O) groups is 4. The third-order valence-corrected chi connectivity index (χ3v) is 9.33. The Hall–Kier alpha value is -4.70. The molecule has 0 saturated carbocycles. The van der Waals surface area contributed by atoms with Crippen LogP contribution < -0.4 is 5.32 Å². The number of piperazine rings is 1. The minimum Gasteiger partial charge on any atom is -0.447 e. The van der Waals surface area contributed by atoms with Crippen molar-refractivity contribution in [2.45, 2.75) is 90.1 Å². The van der Waals surface area contributed by atoms with Crippen molar-refractivity contribution in [1.29, 1.82) is 0 Å². The second-order valence-corrected chi connectivity index (χ2v) is 13.5. The summed E-state index contributed by atoms with van der Waals surface area (Å²) in [7, 11) is 0. The maximum Gasteiger partial charge on any atom is 0.436 e. The Morgan fingerprint density at radius 2 is 1.44 bits per heavy atom. The first kappa shape index (κ1) is 36.6.